The van der Waals surface area contributed by atoms with Crippen molar-refractivity contribution in [2.75, 3.05) is 0 Å². The van der Waals surface area contributed by atoms with Gasteiger partial charge in [-0.3, -0.25) is 0 Å². The van der Waals surface area contributed by atoms with Crippen LogP contribution in [0.1, 0.15) is 5.69 Å². The van der Waals surface area contributed by atoms with E-state index in [-0.39, 0.29) is 4.68 Å². The number of rotatable bonds is 1. The van der Waals surface area contributed by atoms with E-state index in [4.69, 9.17) is 11.6 Å². The molecule has 1 aromatic rings. The first-order valence-electron chi connectivity index (χ1n) is 3.18. The van der Waals surface area contributed by atoms with Crippen LogP contribution in [0.2, 0.25) is 5.15 Å². The van der Waals surface area contributed by atoms with Gasteiger partial charge in [-0.25, -0.2) is 4.68 Å². The summed E-state index contributed by atoms with van der Waals surface area (Å²) >= 11 is 5.06. The highest BCUT2D eigenvalue weighted by atomic mass is 35.5. The number of alkyl halides is 5. The predicted octanol–water partition coefficient (Wildman–Crippen LogP) is 2.12. The van der Waals surface area contributed by atoms with E-state index in [9.17, 15) is 22.0 Å². The van der Waals surface area contributed by atoms with Crippen LogP contribution in [-0.2, 0) is 13.0 Å². The summed E-state index contributed by atoms with van der Waals surface area (Å²) in [7, 11) is 0.897. The molecule has 80 valence electrons. The van der Waals surface area contributed by atoms with Crippen LogP contribution in [0.15, 0.2) is 0 Å². The average molecular weight is 236 g/mol. The van der Waals surface area contributed by atoms with Crippen LogP contribution in [0.3, 0.4) is 0 Å². The number of aryl methyl sites for hydroxylation is 1. The molecule has 0 saturated carbocycles. The first kappa shape index (κ1) is 11.2. The van der Waals surface area contributed by atoms with E-state index in [1.54, 1.807) is 0 Å². The maximum absolute atomic E-state index is 12.7. The molecular weight excluding hydrogens is 233 g/mol. The molecule has 3 nitrogen and oxygen atoms in total. The molecule has 1 heterocycles. The minimum Gasteiger partial charge on any atom is -0.244 e. The molecular formula is C5H3ClF5N3. The van der Waals surface area contributed by atoms with Gasteiger partial charge in [-0.2, -0.15) is 22.0 Å². The van der Waals surface area contributed by atoms with Crippen molar-refractivity contribution in [3.63, 3.8) is 0 Å². The summed E-state index contributed by atoms with van der Waals surface area (Å²) in [5.41, 5.74) is -1.47. The highest BCUT2D eigenvalue weighted by Crippen LogP contribution is 2.45. The molecule has 0 unspecified atom stereocenters. The van der Waals surface area contributed by atoms with Crippen LogP contribution in [0, 0.1) is 0 Å². The molecule has 0 aliphatic carbocycles. The van der Waals surface area contributed by atoms with Gasteiger partial charge in [0.15, 0.2) is 10.8 Å². The Morgan fingerprint density at radius 1 is 1.21 bits per heavy atom. The van der Waals surface area contributed by atoms with Crippen LogP contribution >= 0.6 is 11.6 Å². The molecule has 0 aliphatic heterocycles. The third-order valence-electron chi connectivity index (χ3n) is 1.44. The number of aromatic nitrogens is 3. The maximum atomic E-state index is 12.7. The van der Waals surface area contributed by atoms with Gasteiger partial charge in [0.25, 0.3) is 0 Å². The number of halogens is 6. The van der Waals surface area contributed by atoms with Gasteiger partial charge in [-0.15, -0.1) is 5.10 Å². The lowest BCUT2D eigenvalue weighted by molar-refractivity contribution is -0.291. The van der Waals surface area contributed by atoms with Crippen LogP contribution in [0.5, 0.6) is 0 Å². The van der Waals surface area contributed by atoms with Crippen molar-refractivity contribution in [3.05, 3.63) is 10.8 Å². The molecule has 1 aromatic heterocycles. The van der Waals surface area contributed by atoms with Crippen molar-refractivity contribution < 1.29 is 22.0 Å². The smallest absolute Gasteiger partial charge is 0.244 e. The summed E-state index contributed by atoms with van der Waals surface area (Å²) in [6.07, 6.45) is -5.72. The van der Waals surface area contributed by atoms with Gasteiger partial charge < -0.3 is 0 Å². The number of hydrogen-bond donors (Lipinski definition) is 0. The Kier molecular flexibility index (Phi) is 2.42. The van der Waals surface area contributed by atoms with Gasteiger partial charge in [-0.05, 0) is 0 Å². The fourth-order valence-electron chi connectivity index (χ4n) is 0.799. The molecule has 0 saturated heterocycles. The van der Waals surface area contributed by atoms with Crippen molar-refractivity contribution in [2.45, 2.75) is 12.1 Å². The highest BCUT2D eigenvalue weighted by Gasteiger charge is 2.61. The van der Waals surface area contributed by atoms with E-state index < -0.39 is 22.9 Å². The Bertz CT molecular complexity index is 324. The molecule has 0 N–H and O–H groups in total. The second-order valence-electron chi connectivity index (χ2n) is 2.42. The largest absolute Gasteiger partial charge is 0.459 e. The molecule has 1 rings (SSSR count). The zero-order valence-corrected chi connectivity index (χ0v) is 7.37. The predicted molar refractivity (Wildman–Crippen MR) is 36.0 cm³/mol. The molecule has 0 aliphatic rings. The monoisotopic (exact) mass is 235 g/mol. The summed E-state index contributed by atoms with van der Waals surface area (Å²) in [6.45, 7) is 0. The lowest BCUT2D eigenvalue weighted by atomic mass is 10.2. The van der Waals surface area contributed by atoms with Crippen molar-refractivity contribution in [1.82, 2.24) is 15.0 Å². The summed E-state index contributed by atoms with van der Waals surface area (Å²) < 4.78 is 61.3. The zero-order chi connectivity index (χ0) is 11.1. The van der Waals surface area contributed by atoms with E-state index in [0.29, 0.717) is 0 Å². The topological polar surface area (TPSA) is 30.7 Å². The SMILES string of the molecule is Cn1nnc(Cl)c1C(F)(F)C(F)(F)F. The Labute approximate surface area is 79.5 Å². The zero-order valence-electron chi connectivity index (χ0n) is 6.61. The van der Waals surface area contributed by atoms with Crippen LogP contribution in [0.25, 0.3) is 0 Å². The van der Waals surface area contributed by atoms with E-state index in [1.165, 1.54) is 0 Å². The third-order valence-corrected chi connectivity index (χ3v) is 1.69. The average Bonchev–Trinajstić information content (AvgIpc) is 2.28. The van der Waals surface area contributed by atoms with Gasteiger partial charge in [0.05, 0.1) is 0 Å². The lowest BCUT2D eigenvalue weighted by Crippen LogP contribution is -2.35. The summed E-state index contributed by atoms with van der Waals surface area (Å²) in [6, 6.07) is 0. The van der Waals surface area contributed by atoms with Crippen LogP contribution in [0.4, 0.5) is 22.0 Å². The molecule has 0 radical (unpaired) electrons. The first-order valence-corrected chi connectivity index (χ1v) is 3.56. The molecule has 0 fully saturated rings. The second kappa shape index (κ2) is 3.04. The minimum atomic E-state index is -5.72. The molecule has 0 aromatic carbocycles. The second-order valence-corrected chi connectivity index (χ2v) is 2.78. The lowest BCUT2D eigenvalue weighted by Gasteiger charge is -2.18. The fourth-order valence-corrected chi connectivity index (χ4v) is 1.07. The quantitative estimate of drug-likeness (QED) is 0.698. The summed E-state index contributed by atoms with van der Waals surface area (Å²) in [4.78, 5) is 0. The van der Waals surface area contributed by atoms with E-state index in [0.717, 1.165) is 7.05 Å². The van der Waals surface area contributed by atoms with Gasteiger partial charge in [0, 0.05) is 7.05 Å². The third kappa shape index (κ3) is 1.54. The minimum absolute atomic E-state index is 0.288. The summed E-state index contributed by atoms with van der Waals surface area (Å²) in [5, 5.41) is 4.88. The number of hydrogen-bond acceptors (Lipinski definition) is 2. The summed E-state index contributed by atoms with van der Waals surface area (Å²) in [5.74, 6) is -5.05. The van der Waals surface area contributed by atoms with Gasteiger partial charge in [0.1, 0.15) is 0 Å². The molecule has 9 heteroatoms. The van der Waals surface area contributed by atoms with E-state index in [2.05, 4.69) is 10.3 Å². The normalized spacial score (nSPS) is 13.4. The van der Waals surface area contributed by atoms with Crippen LogP contribution < -0.4 is 0 Å². The molecule has 0 spiro atoms. The van der Waals surface area contributed by atoms with Crippen molar-refractivity contribution in [3.8, 4) is 0 Å². The molecule has 0 bridgehead atoms. The van der Waals surface area contributed by atoms with Crippen molar-refractivity contribution in [2.24, 2.45) is 7.05 Å². The van der Waals surface area contributed by atoms with Gasteiger partial charge in [-0.1, -0.05) is 16.8 Å². The van der Waals surface area contributed by atoms with Gasteiger partial charge in [0.2, 0.25) is 0 Å². The first-order chi connectivity index (χ1) is 6.18. The Hall–Kier alpha value is -0.920. The standard InChI is InChI=1S/C5H3ClF5N3/c1-14-2(3(6)12-13-14)4(7,8)5(9,10)11/h1H3. The fraction of sp³-hybridized carbons (Fsp3) is 0.600. The number of nitrogens with zero attached hydrogens (tertiary/aromatic N) is 3. The molecule has 14 heavy (non-hydrogen) atoms. The van der Waals surface area contributed by atoms with Crippen molar-refractivity contribution >= 4 is 11.6 Å². The Balaban J connectivity index is 3.29. The van der Waals surface area contributed by atoms with Crippen molar-refractivity contribution in [1.29, 1.82) is 0 Å². The molecule has 0 atom stereocenters. The van der Waals surface area contributed by atoms with E-state index in [1.807, 2.05) is 0 Å². The van der Waals surface area contributed by atoms with E-state index >= 15 is 0 Å². The Morgan fingerprint density at radius 3 is 2.00 bits per heavy atom. The maximum Gasteiger partial charge on any atom is 0.459 e. The molecule has 0 amide bonds. The van der Waals surface area contributed by atoms with Crippen LogP contribution in [-0.4, -0.2) is 21.2 Å². The highest BCUT2D eigenvalue weighted by molar-refractivity contribution is 6.30. The Morgan fingerprint density at radius 2 is 1.71 bits per heavy atom. The van der Waals surface area contributed by atoms with Gasteiger partial charge >= 0.3 is 12.1 Å².